The lowest BCUT2D eigenvalue weighted by molar-refractivity contribution is 0.106. The molecule has 2 aliphatic heterocycles. The second-order valence-corrected chi connectivity index (χ2v) is 7.54. The van der Waals surface area contributed by atoms with E-state index in [1.165, 1.54) is 12.8 Å². The van der Waals surface area contributed by atoms with Crippen molar-refractivity contribution in [1.29, 1.82) is 0 Å². The molecule has 3 heterocycles. The van der Waals surface area contributed by atoms with Crippen LogP contribution in [0.1, 0.15) is 31.4 Å². The Labute approximate surface area is 159 Å². The highest BCUT2D eigenvalue weighted by molar-refractivity contribution is 7.80. The molecule has 5 nitrogen and oxygen atoms in total. The van der Waals surface area contributed by atoms with Crippen LogP contribution in [0.25, 0.3) is 0 Å². The number of thiocarbonyl (C=S) groups is 1. The molecule has 0 aliphatic carbocycles. The number of hydrogen-bond acceptors (Lipinski definition) is 4. The van der Waals surface area contributed by atoms with Crippen LogP contribution in [0, 0.1) is 0 Å². The van der Waals surface area contributed by atoms with Crippen molar-refractivity contribution < 1.29 is 9.15 Å². The molecule has 1 aromatic heterocycles. The molecule has 2 aromatic rings. The zero-order chi connectivity index (χ0) is 17.9. The monoisotopic (exact) mass is 371 g/mol. The predicted octanol–water partition coefficient (Wildman–Crippen LogP) is 3.77. The fourth-order valence-corrected chi connectivity index (χ4v) is 4.54. The van der Waals surface area contributed by atoms with Gasteiger partial charge in [0.2, 0.25) is 0 Å². The molecule has 0 amide bonds. The Morgan fingerprint density at radius 1 is 1.19 bits per heavy atom. The second-order valence-electron chi connectivity index (χ2n) is 7.13. The highest BCUT2D eigenvalue weighted by atomic mass is 32.1. The molecule has 0 unspecified atom stereocenters. The number of piperidine rings is 1. The molecule has 2 N–H and O–H groups in total. The summed E-state index contributed by atoms with van der Waals surface area (Å²) in [6, 6.07) is 13.5. The zero-order valence-corrected chi connectivity index (χ0v) is 15.8. The molecule has 0 spiro atoms. The highest BCUT2D eigenvalue weighted by Crippen LogP contribution is 2.36. The van der Waals surface area contributed by atoms with E-state index in [1.807, 2.05) is 30.3 Å². The predicted molar refractivity (Wildman–Crippen MR) is 106 cm³/mol. The number of rotatable bonds is 5. The maximum atomic E-state index is 5.54. The highest BCUT2D eigenvalue weighted by Gasteiger charge is 2.41. The minimum Gasteiger partial charge on any atom is -0.497 e. The maximum absolute atomic E-state index is 5.54. The number of fused-ring (bicyclic) bond motifs is 2. The van der Waals surface area contributed by atoms with Gasteiger partial charge in [-0.3, -0.25) is 4.90 Å². The van der Waals surface area contributed by atoms with Crippen molar-refractivity contribution in [2.45, 2.75) is 50.4 Å². The van der Waals surface area contributed by atoms with E-state index in [1.54, 1.807) is 13.4 Å². The van der Waals surface area contributed by atoms with Gasteiger partial charge in [-0.15, -0.1) is 0 Å². The van der Waals surface area contributed by atoms with E-state index in [0.29, 0.717) is 23.2 Å². The molecular weight excluding hydrogens is 346 g/mol. The SMILES string of the molecule is COc1ccc(NC(=S)NC2C[C@H]3CC[C@H](C2)N3Cc2ccco2)cc1. The Morgan fingerprint density at radius 2 is 1.92 bits per heavy atom. The van der Waals surface area contributed by atoms with E-state index < -0.39 is 0 Å². The van der Waals surface area contributed by atoms with E-state index in [4.69, 9.17) is 21.4 Å². The van der Waals surface area contributed by atoms with E-state index in [9.17, 15) is 0 Å². The van der Waals surface area contributed by atoms with Gasteiger partial charge in [-0.05, 0) is 74.3 Å². The first-order valence-electron chi connectivity index (χ1n) is 9.21. The van der Waals surface area contributed by atoms with Crippen molar-refractivity contribution in [1.82, 2.24) is 10.2 Å². The third kappa shape index (κ3) is 3.86. The van der Waals surface area contributed by atoms with Gasteiger partial charge in [0.25, 0.3) is 0 Å². The number of hydrogen-bond donors (Lipinski definition) is 2. The summed E-state index contributed by atoms with van der Waals surface area (Å²) in [7, 11) is 1.67. The van der Waals surface area contributed by atoms with Crippen molar-refractivity contribution in [3.8, 4) is 5.75 Å². The fourth-order valence-electron chi connectivity index (χ4n) is 4.26. The van der Waals surface area contributed by atoms with E-state index in [2.05, 4.69) is 21.6 Å². The molecule has 0 saturated carbocycles. The summed E-state index contributed by atoms with van der Waals surface area (Å²) >= 11 is 5.52. The lowest BCUT2D eigenvalue weighted by Gasteiger charge is -2.39. The first-order valence-corrected chi connectivity index (χ1v) is 9.62. The van der Waals surface area contributed by atoms with Gasteiger partial charge in [-0.2, -0.15) is 0 Å². The first-order chi connectivity index (χ1) is 12.7. The average Bonchev–Trinajstić information content (AvgIpc) is 3.22. The van der Waals surface area contributed by atoms with Gasteiger partial charge in [-0.25, -0.2) is 0 Å². The molecule has 2 atom stereocenters. The van der Waals surface area contributed by atoms with Gasteiger partial charge in [0.05, 0.1) is 19.9 Å². The maximum Gasteiger partial charge on any atom is 0.170 e. The molecule has 2 aliphatic rings. The summed E-state index contributed by atoms with van der Waals surface area (Å²) in [6.45, 7) is 0.920. The first kappa shape index (κ1) is 17.4. The molecule has 6 heteroatoms. The van der Waals surface area contributed by atoms with Crippen molar-refractivity contribution in [3.05, 3.63) is 48.4 Å². The molecule has 2 bridgehead atoms. The van der Waals surface area contributed by atoms with Gasteiger partial charge in [-0.1, -0.05) is 0 Å². The molecule has 26 heavy (non-hydrogen) atoms. The van der Waals surface area contributed by atoms with E-state index >= 15 is 0 Å². The Balaban J connectivity index is 1.30. The molecule has 0 radical (unpaired) electrons. The van der Waals surface area contributed by atoms with Gasteiger partial charge >= 0.3 is 0 Å². The summed E-state index contributed by atoms with van der Waals surface area (Å²) in [5.41, 5.74) is 0.974. The smallest absolute Gasteiger partial charge is 0.170 e. The van der Waals surface area contributed by atoms with Crippen LogP contribution in [0.4, 0.5) is 5.69 Å². The van der Waals surface area contributed by atoms with E-state index in [-0.39, 0.29) is 0 Å². The second kappa shape index (κ2) is 7.68. The third-order valence-electron chi connectivity index (χ3n) is 5.49. The molecule has 2 fully saturated rings. The minimum atomic E-state index is 0.429. The average molecular weight is 372 g/mol. The number of methoxy groups -OCH3 is 1. The molecule has 4 rings (SSSR count). The topological polar surface area (TPSA) is 49.7 Å². The lowest BCUT2D eigenvalue weighted by atomic mass is 9.97. The van der Waals surface area contributed by atoms with Crippen LogP contribution in [-0.2, 0) is 6.54 Å². The normalized spacial score (nSPS) is 25.0. The molecule has 2 saturated heterocycles. The van der Waals surface area contributed by atoms with Crippen molar-refractivity contribution in [2.24, 2.45) is 0 Å². The summed E-state index contributed by atoms with van der Waals surface area (Å²) in [6.07, 6.45) is 6.54. The Hall–Kier alpha value is -2.05. The van der Waals surface area contributed by atoms with Crippen LogP contribution in [0.3, 0.4) is 0 Å². The Morgan fingerprint density at radius 3 is 2.54 bits per heavy atom. The number of anilines is 1. The largest absolute Gasteiger partial charge is 0.497 e. The van der Waals surface area contributed by atoms with Crippen LogP contribution in [0.5, 0.6) is 5.75 Å². The third-order valence-corrected chi connectivity index (χ3v) is 5.71. The minimum absolute atomic E-state index is 0.429. The number of furan rings is 1. The van der Waals surface area contributed by atoms with Crippen LogP contribution < -0.4 is 15.4 Å². The van der Waals surface area contributed by atoms with Crippen molar-refractivity contribution >= 4 is 23.0 Å². The fraction of sp³-hybridized carbons (Fsp3) is 0.450. The number of benzene rings is 1. The number of ether oxygens (including phenoxy) is 1. The van der Waals surface area contributed by atoms with Crippen molar-refractivity contribution in [2.75, 3.05) is 12.4 Å². The van der Waals surface area contributed by atoms with Crippen molar-refractivity contribution in [3.63, 3.8) is 0 Å². The zero-order valence-electron chi connectivity index (χ0n) is 15.0. The summed E-state index contributed by atoms with van der Waals surface area (Å²) in [5, 5.41) is 7.48. The summed E-state index contributed by atoms with van der Waals surface area (Å²) < 4.78 is 10.7. The number of nitrogens with zero attached hydrogens (tertiary/aromatic N) is 1. The summed E-state index contributed by atoms with van der Waals surface area (Å²) in [5.74, 6) is 1.90. The standard InChI is InChI=1S/C20H25N3O2S/c1-24-18-8-4-14(5-9-18)21-20(26)22-15-11-16-6-7-17(12-15)23(16)13-19-3-2-10-25-19/h2-5,8-10,15-17H,6-7,11-13H2,1H3,(H2,21,22,26)/t16-,17-/m1/s1. The molecule has 138 valence electrons. The van der Waals surface area contributed by atoms with Gasteiger partial charge in [0.15, 0.2) is 5.11 Å². The molecule has 1 aromatic carbocycles. The van der Waals surface area contributed by atoms with Gasteiger partial charge in [0, 0.05) is 23.8 Å². The Kier molecular flexibility index (Phi) is 5.13. The van der Waals surface area contributed by atoms with Crippen LogP contribution in [-0.4, -0.2) is 35.2 Å². The van der Waals surface area contributed by atoms with Crippen LogP contribution >= 0.6 is 12.2 Å². The lowest BCUT2D eigenvalue weighted by Crippen LogP contribution is -2.50. The Bertz CT molecular complexity index is 718. The van der Waals surface area contributed by atoms with Gasteiger partial charge in [0.1, 0.15) is 11.5 Å². The number of nitrogens with one attached hydrogen (secondary N) is 2. The van der Waals surface area contributed by atoms with Crippen LogP contribution in [0.15, 0.2) is 47.1 Å². The summed E-state index contributed by atoms with van der Waals surface area (Å²) in [4.78, 5) is 2.61. The molecular formula is C20H25N3O2S. The van der Waals surface area contributed by atoms with E-state index in [0.717, 1.165) is 36.6 Å². The van der Waals surface area contributed by atoms with Gasteiger partial charge < -0.3 is 19.8 Å². The quantitative estimate of drug-likeness (QED) is 0.781. The van der Waals surface area contributed by atoms with Crippen LogP contribution in [0.2, 0.25) is 0 Å².